The number of hydrogen-bond donors (Lipinski definition) is 2. The van der Waals surface area contributed by atoms with Gasteiger partial charge in [-0.15, -0.1) is 0 Å². The maximum Gasteiger partial charge on any atom is 0.354 e. The monoisotopic (exact) mass is 349 g/mol. The summed E-state index contributed by atoms with van der Waals surface area (Å²) in [6.45, 7) is 1.77. The number of carbonyl (C=O) groups excluding carboxylic acids is 1. The Kier molecular flexibility index (Phi) is 5.44. The highest BCUT2D eigenvalue weighted by molar-refractivity contribution is 5.87. The molecular formula is C18H27N3O4. The average molecular weight is 349 g/mol. The van der Waals surface area contributed by atoms with Crippen LogP contribution in [0.15, 0.2) is 12.3 Å². The first-order valence-electron chi connectivity index (χ1n) is 8.89. The maximum absolute atomic E-state index is 11.6. The van der Waals surface area contributed by atoms with Crippen LogP contribution < -0.4 is 5.32 Å². The molecule has 2 saturated carbocycles. The highest BCUT2D eigenvalue weighted by atomic mass is 16.5. The second-order valence-corrected chi connectivity index (χ2v) is 7.31. The van der Waals surface area contributed by atoms with Crippen molar-refractivity contribution in [1.29, 1.82) is 0 Å². The van der Waals surface area contributed by atoms with E-state index in [9.17, 15) is 9.59 Å². The number of aliphatic carboxylic acids is 1. The lowest BCUT2D eigenvalue weighted by Crippen LogP contribution is -2.54. The van der Waals surface area contributed by atoms with Crippen LogP contribution in [0.5, 0.6) is 0 Å². The molecule has 2 aliphatic carbocycles. The molecule has 0 amide bonds. The molecule has 3 rings (SSSR count). The van der Waals surface area contributed by atoms with Crippen molar-refractivity contribution in [2.24, 2.45) is 13.0 Å². The first-order chi connectivity index (χ1) is 12.0. The van der Waals surface area contributed by atoms with Crippen LogP contribution in [0.1, 0.15) is 41.7 Å². The van der Waals surface area contributed by atoms with E-state index >= 15 is 0 Å². The molecule has 0 aromatic carbocycles. The first kappa shape index (κ1) is 17.9. The lowest BCUT2D eigenvalue weighted by atomic mass is 9.85. The zero-order valence-electron chi connectivity index (χ0n) is 14.9. The van der Waals surface area contributed by atoms with Gasteiger partial charge in [0.05, 0.1) is 13.7 Å². The number of carbonyl (C=O) groups is 2. The van der Waals surface area contributed by atoms with Crippen molar-refractivity contribution in [1.82, 2.24) is 14.8 Å². The van der Waals surface area contributed by atoms with Crippen LogP contribution in [-0.2, 0) is 23.1 Å². The molecule has 138 valence electrons. The van der Waals surface area contributed by atoms with E-state index in [2.05, 4.69) is 10.2 Å². The van der Waals surface area contributed by atoms with Gasteiger partial charge in [0.2, 0.25) is 0 Å². The topological polar surface area (TPSA) is 83.8 Å². The number of hydrogen-bond acceptors (Lipinski definition) is 5. The van der Waals surface area contributed by atoms with E-state index in [1.165, 1.54) is 20.0 Å². The quantitative estimate of drug-likeness (QED) is 0.653. The van der Waals surface area contributed by atoms with Crippen molar-refractivity contribution in [3.8, 4) is 0 Å². The summed E-state index contributed by atoms with van der Waals surface area (Å²) in [6.07, 6.45) is 6.37. The molecule has 1 aromatic heterocycles. The SMILES string of the molecule is COC(=O)c1cc(CNC2CC(N(CC(=O)O)CC3CC3)C2)cn1C. The molecule has 0 spiro atoms. The summed E-state index contributed by atoms with van der Waals surface area (Å²) in [5.74, 6) is -0.369. The molecule has 2 N–H and O–H groups in total. The number of aromatic nitrogens is 1. The van der Waals surface area contributed by atoms with Crippen LogP contribution in [0.25, 0.3) is 0 Å². The van der Waals surface area contributed by atoms with Gasteiger partial charge < -0.3 is 19.7 Å². The van der Waals surface area contributed by atoms with Crippen molar-refractivity contribution in [2.45, 2.75) is 44.3 Å². The van der Waals surface area contributed by atoms with Crippen LogP contribution >= 0.6 is 0 Å². The van der Waals surface area contributed by atoms with Gasteiger partial charge in [-0.3, -0.25) is 9.69 Å². The summed E-state index contributed by atoms with van der Waals surface area (Å²) in [5.41, 5.74) is 1.59. The minimum absolute atomic E-state index is 0.148. The summed E-state index contributed by atoms with van der Waals surface area (Å²) in [6, 6.07) is 2.62. The van der Waals surface area contributed by atoms with Gasteiger partial charge in [-0.05, 0) is 43.2 Å². The molecule has 7 heteroatoms. The van der Waals surface area contributed by atoms with Crippen molar-refractivity contribution >= 4 is 11.9 Å². The number of ether oxygens (including phenoxy) is 1. The molecule has 0 radical (unpaired) electrons. The van der Waals surface area contributed by atoms with Crippen molar-refractivity contribution in [2.75, 3.05) is 20.2 Å². The molecule has 2 aliphatic rings. The Morgan fingerprint density at radius 1 is 1.40 bits per heavy atom. The Bertz CT molecular complexity index is 632. The Hall–Kier alpha value is -1.86. The van der Waals surface area contributed by atoms with E-state index in [0.29, 0.717) is 30.2 Å². The minimum atomic E-state index is -0.739. The van der Waals surface area contributed by atoms with Crippen molar-refractivity contribution in [3.05, 3.63) is 23.5 Å². The number of carboxylic acid groups (broad SMARTS) is 1. The predicted molar refractivity (Wildman–Crippen MR) is 92.3 cm³/mol. The summed E-state index contributed by atoms with van der Waals surface area (Å²) >= 11 is 0. The molecule has 1 aromatic rings. The predicted octanol–water partition coefficient (Wildman–Crippen LogP) is 1.23. The normalized spacial score (nSPS) is 22.7. The molecule has 25 heavy (non-hydrogen) atoms. The summed E-state index contributed by atoms with van der Waals surface area (Å²) in [5, 5.41) is 12.6. The largest absolute Gasteiger partial charge is 0.480 e. The Morgan fingerprint density at radius 2 is 2.12 bits per heavy atom. The average Bonchev–Trinajstić information content (AvgIpc) is 3.25. The van der Waals surface area contributed by atoms with Crippen LogP contribution in [0.4, 0.5) is 0 Å². The maximum atomic E-state index is 11.6. The van der Waals surface area contributed by atoms with Gasteiger partial charge in [0.15, 0.2) is 0 Å². The van der Waals surface area contributed by atoms with Crippen molar-refractivity contribution in [3.63, 3.8) is 0 Å². The Morgan fingerprint density at radius 3 is 2.72 bits per heavy atom. The number of methoxy groups -OCH3 is 1. The fraction of sp³-hybridized carbons (Fsp3) is 0.667. The molecule has 0 atom stereocenters. The van der Waals surface area contributed by atoms with Gasteiger partial charge >= 0.3 is 11.9 Å². The smallest absolute Gasteiger partial charge is 0.354 e. The molecule has 0 aliphatic heterocycles. The van der Waals surface area contributed by atoms with Crippen LogP contribution in [0.3, 0.4) is 0 Å². The van der Waals surface area contributed by atoms with E-state index in [0.717, 1.165) is 24.9 Å². The standard InChI is InChI=1S/C18H27N3O4/c1-20-9-13(5-16(20)18(24)25-2)8-19-14-6-15(7-14)21(11-17(22)23)10-12-3-4-12/h5,9,12,14-15,19H,3-4,6-8,10-11H2,1-2H3,(H,22,23). The number of nitrogens with zero attached hydrogens (tertiary/aromatic N) is 2. The number of aryl methyl sites for hydroxylation is 1. The van der Waals surface area contributed by atoms with Gasteiger partial charge in [0.25, 0.3) is 0 Å². The number of nitrogens with one attached hydrogen (secondary N) is 1. The summed E-state index contributed by atoms with van der Waals surface area (Å²) < 4.78 is 6.54. The third-order valence-corrected chi connectivity index (χ3v) is 5.21. The molecule has 0 bridgehead atoms. The van der Waals surface area contributed by atoms with Crippen LogP contribution in [-0.4, -0.2) is 58.8 Å². The fourth-order valence-corrected chi connectivity index (χ4v) is 3.50. The molecular weight excluding hydrogens is 322 g/mol. The molecule has 0 unspecified atom stereocenters. The van der Waals surface area contributed by atoms with E-state index in [4.69, 9.17) is 9.84 Å². The summed E-state index contributed by atoms with van der Waals surface area (Å²) in [7, 11) is 3.21. The lowest BCUT2D eigenvalue weighted by molar-refractivity contribution is -0.139. The van der Waals surface area contributed by atoms with E-state index in [-0.39, 0.29) is 12.5 Å². The van der Waals surface area contributed by atoms with Gasteiger partial charge in [-0.25, -0.2) is 4.79 Å². The zero-order chi connectivity index (χ0) is 18.0. The number of rotatable bonds is 9. The third-order valence-electron chi connectivity index (χ3n) is 5.21. The van der Waals surface area contributed by atoms with Gasteiger partial charge in [-0.1, -0.05) is 0 Å². The zero-order valence-corrected chi connectivity index (χ0v) is 14.9. The molecule has 7 nitrogen and oxygen atoms in total. The minimum Gasteiger partial charge on any atom is -0.480 e. The van der Waals surface area contributed by atoms with Gasteiger partial charge in [0.1, 0.15) is 5.69 Å². The summed E-state index contributed by atoms with van der Waals surface area (Å²) in [4.78, 5) is 24.8. The second-order valence-electron chi connectivity index (χ2n) is 7.31. The second kappa shape index (κ2) is 7.58. The number of carboxylic acids is 1. The van der Waals surface area contributed by atoms with Gasteiger partial charge in [0, 0.05) is 38.4 Å². The van der Waals surface area contributed by atoms with E-state index < -0.39 is 5.97 Å². The Balaban J connectivity index is 1.45. The van der Waals surface area contributed by atoms with Gasteiger partial charge in [-0.2, -0.15) is 0 Å². The fourth-order valence-electron chi connectivity index (χ4n) is 3.50. The van der Waals surface area contributed by atoms with E-state index in [1.807, 2.05) is 19.3 Å². The third kappa shape index (κ3) is 4.61. The first-order valence-corrected chi connectivity index (χ1v) is 8.89. The highest BCUT2D eigenvalue weighted by Gasteiger charge is 2.36. The molecule has 1 heterocycles. The molecule has 2 fully saturated rings. The van der Waals surface area contributed by atoms with Crippen molar-refractivity contribution < 1.29 is 19.4 Å². The lowest BCUT2D eigenvalue weighted by Gasteiger charge is -2.43. The molecule has 0 saturated heterocycles. The van der Waals surface area contributed by atoms with Crippen LogP contribution in [0.2, 0.25) is 0 Å². The van der Waals surface area contributed by atoms with Crippen LogP contribution in [0, 0.1) is 5.92 Å². The van der Waals surface area contributed by atoms with E-state index in [1.54, 1.807) is 4.57 Å². The Labute approximate surface area is 147 Å². The number of esters is 1. The highest BCUT2D eigenvalue weighted by Crippen LogP contribution is 2.33.